The fourth-order valence-electron chi connectivity index (χ4n) is 1.20. The number of aromatic carboxylic acids is 1. The predicted octanol–water partition coefficient (Wildman–Crippen LogP) is 1.90. The summed E-state index contributed by atoms with van der Waals surface area (Å²) in [6.07, 6.45) is 6.59. The first kappa shape index (κ1) is 14.1. The van der Waals surface area contributed by atoms with Gasteiger partial charge in [0.2, 0.25) is 5.91 Å². The zero-order chi connectivity index (χ0) is 13.5. The van der Waals surface area contributed by atoms with E-state index in [2.05, 4.69) is 10.3 Å². The van der Waals surface area contributed by atoms with E-state index in [1.54, 1.807) is 19.1 Å². The number of carbonyl (C=O) groups is 2. The standard InChI is InChI=1S/C12H14N2O3S/c1-3-4-5-6-9(15)13-7-10-14-11(12(16)17)8(2)18-10/h3-6H,7H2,1-2H3,(H,13,15)(H,16,17)/b4-3+,6-5+. The molecule has 0 aliphatic heterocycles. The van der Waals surface area contributed by atoms with Crippen molar-refractivity contribution in [2.24, 2.45) is 0 Å². The molecule has 0 aliphatic carbocycles. The van der Waals surface area contributed by atoms with Crippen molar-refractivity contribution in [1.29, 1.82) is 0 Å². The zero-order valence-corrected chi connectivity index (χ0v) is 11.0. The first-order chi connectivity index (χ1) is 8.54. The summed E-state index contributed by atoms with van der Waals surface area (Å²) < 4.78 is 0. The third-order valence-corrected chi connectivity index (χ3v) is 2.98. The summed E-state index contributed by atoms with van der Waals surface area (Å²) in [7, 11) is 0. The van der Waals surface area contributed by atoms with E-state index in [4.69, 9.17) is 5.11 Å². The topological polar surface area (TPSA) is 79.3 Å². The average molecular weight is 266 g/mol. The van der Waals surface area contributed by atoms with Crippen molar-refractivity contribution in [2.75, 3.05) is 0 Å². The van der Waals surface area contributed by atoms with Crippen molar-refractivity contribution in [3.8, 4) is 0 Å². The monoisotopic (exact) mass is 266 g/mol. The van der Waals surface area contributed by atoms with Crippen molar-refractivity contribution in [2.45, 2.75) is 20.4 Å². The van der Waals surface area contributed by atoms with Crippen LogP contribution in [0.5, 0.6) is 0 Å². The Labute approximate surface area is 109 Å². The van der Waals surface area contributed by atoms with Gasteiger partial charge >= 0.3 is 5.97 Å². The lowest BCUT2D eigenvalue weighted by molar-refractivity contribution is -0.116. The minimum absolute atomic E-state index is 0.0497. The summed E-state index contributed by atoms with van der Waals surface area (Å²) in [5.41, 5.74) is 0.0497. The third-order valence-electron chi connectivity index (χ3n) is 2.01. The number of carboxylic acids is 1. The van der Waals surface area contributed by atoms with Gasteiger partial charge in [-0.15, -0.1) is 11.3 Å². The number of thiazole rings is 1. The summed E-state index contributed by atoms with van der Waals surface area (Å²) in [5, 5.41) is 12.1. The quantitative estimate of drug-likeness (QED) is 0.630. The molecule has 0 fully saturated rings. The molecule has 0 bridgehead atoms. The van der Waals surface area contributed by atoms with Gasteiger partial charge in [0.05, 0.1) is 6.54 Å². The maximum absolute atomic E-state index is 11.3. The van der Waals surface area contributed by atoms with Crippen LogP contribution in [0.1, 0.15) is 27.3 Å². The molecule has 5 nitrogen and oxygen atoms in total. The van der Waals surface area contributed by atoms with Crippen LogP contribution in [0.15, 0.2) is 24.3 Å². The predicted molar refractivity (Wildman–Crippen MR) is 69.6 cm³/mol. The first-order valence-electron chi connectivity index (χ1n) is 5.31. The van der Waals surface area contributed by atoms with Gasteiger partial charge < -0.3 is 10.4 Å². The summed E-state index contributed by atoms with van der Waals surface area (Å²) in [6, 6.07) is 0. The number of aromatic nitrogens is 1. The number of rotatable bonds is 5. The van der Waals surface area contributed by atoms with Crippen LogP contribution in [0.2, 0.25) is 0 Å². The van der Waals surface area contributed by atoms with Gasteiger partial charge in [-0.3, -0.25) is 4.79 Å². The van der Waals surface area contributed by atoms with Crippen LogP contribution in [0.25, 0.3) is 0 Å². The number of allylic oxidation sites excluding steroid dienone is 3. The SMILES string of the molecule is C/C=C/C=C/C(=O)NCc1nc(C(=O)O)c(C)s1. The van der Waals surface area contributed by atoms with Crippen LogP contribution >= 0.6 is 11.3 Å². The second-order valence-corrected chi connectivity index (χ2v) is 4.71. The molecular formula is C12H14N2O3S. The van der Waals surface area contributed by atoms with E-state index in [9.17, 15) is 9.59 Å². The molecule has 96 valence electrons. The Morgan fingerprint density at radius 2 is 2.17 bits per heavy atom. The second-order valence-electron chi connectivity index (χ2n) is 3.42. The maximum Gasteiger partial charge on any atom is 0.355 e. The van der Waals surface area contributed by atoms with Gasteiger partial charge in [-0.1, -0.05) is 18.2 Å². The Kier molecular flexibility index (Phi) is 5.26. The number of nitrogens with one attached hydrogen (secondary N) is 1. The molecule has 6 heteroatoms. The molecule has 0 saturated carbocycles. The van der Waals surface area contributed by atoms with Crippen molar-refractivity contribution < 1.29 is 14.7 Å². The summed E-state index contributed by atoms with van der Waals surface area (Å²) in [6.45, 7) is 3.78. The van der Waals surface area contributed by atoms with Gasteiger partial charge in [0.1, 0.15) is 5.01 Å². The minimum Gasteiger partial charge on any atom is -0.476 e. The number of aryl methyl sites for hydroxylation is 1. The number of nitrogens with zero attached hydrogens (tertiary/aromatic N) is 1. The Balaban J connectivity index is 2.56. The molecule has 1 aromatic rings. The lowest BCUT2D eigenvalue weighted by Gasteiger charge is -1.97. The zero-order valence-electron chi connectivity index (χ0n) is 10.1. The van der Waals surface area contributed by atoms with E-state index >= 15 is 0 Å². The van der Waals surface area contributed by atoms with Crippen LogP contribution < -0.4 is 5.32 Å². The highest BCUT2D eigenvalue weighted by Crippen LogP contribution is 2.17. The molecule has 18 heavy (non-hydrogen) atoms. The summed E-state index contributed by atoms with van der Waals surface area (Å²) >= 11 is 1.27. The van der Waals surface area contributed by atoms with Crippen LogP contribution in [0.4, 0.5) is 0 Å². The maximum atomic E-state index is 11.3. The summed E-state index contributed by atoms with van der Waals surface area (Å²) in [4.78, 5) is 26.7. The number of carbonyl (C=O) groups excluding carboxylic acids is 1. The van der Waals surface area contributed by atoms with Crippen LogP contribution in [-0.4, -0.2) is 22.0 Å². The van der Waals surface area contributed by atoms with E-state index in [1.165, 1.54) is 17.4 Å². The minimum atomic E-state index is -1.05. The van der Waals surface area contributed by atoms with Gasteiger partial charge in [-0.05, 0) is 13.8 Å². The smallest absolute Gasteiger partial charge is 0.355 e. The van der Waals surface area contributed by atoms with Crippen molar-refractivity contribution in [3.05, 3.63) is 39.9 Å². The molecule has 1 amide bonds. The lowest BCUT2D eigenvalue weighted by atomic mass is 10.4. The molecule has 0 spiro atoms. The normalized spacial score (nSPS) is 11.2. The molecule has 0 unspecified atom stereocenters. The van der Waals surface area contributed by atoms with Crippen molar-refractivity contribution >= 4 is 23.2 Å². The van der Waals surface area contributed by atoms with Gasteiger partial charge in [0.15, 0.2) is 5.69 Å². The highest BCUT2D eigenvalue weighted by Gasteiger charge is 2.13. The number of amides is 1. The molecule has 1 rings (SSSR count). The van der Waals surface area contributed by atoms with Gasteiger partial charge in [0.25, 0.3) is 0 Å². The largest absolute Gasteiger partial charge is 0.476 e. The summed E-state index contributed by atoms with van der Waals surface area (Å²) in [5.74, 6) is -1.29. The van der Waals surface area contributed by atoms with E-state index in [0.29, 0.717) is 9.88 Å². The molecule has 1 heterocycles. The third kappa shape index (κ3) is 4.14. The van der Waals surface area contributed by atoms with Crippen LogP contribution in [0, 0.1) is 6.92 Å². The Bertz CT molecular complexity index is 503. The van der Waals surface area contributed by atoms with E-state index in [-0.39, 0.29) is 18.1 Å². The first-order valence-corrected chi connectivity index (χ1v) is 6.13. The van der Waals surface area contributed by atoms with Crippen LogP contribution in [0.3, 0.4) is 0 Å². The number of hydrogen-bond acceptors (Lipinski definition) is 4. The molecule has 0 radical (unpaired) electrons. The van der Waals surface area contributed by atoms with Crippen molar-refractivity contribution in [1.82, 2.24) is 10.3 Å². The number of carboxylic acid groups (broad SMARTS) is 1. The molecule has 1 aromatic heterocycles. The molecule has 0 saturated heterocycles. The molecule has 0 atom stereocenters. The van der Waals surface area contributed by atoms with Crippen molar-refractivity contribution in [3.63, 3.8) is 0 Å². The molecular weight excluding hydrogens is 252 g/mol. The lowest BCUT2D eigenvalue weighted by Crippen LogP contribution is -2.20. The molecule has 0 aliphatic rings. The Morgan fingerprint density at radius 3 is 2.72 bits per heavy atom. The van der Waals surface area contributed by atoms with E-state index in [0.717, 1.165) is 0 Å². The Morgan fingerprint density at radius 1 is 1.44 bits per heavy atom. The fourth-order valence-corrected chi connectivity index (χ4v) is 2.07. The highest BCUT2D eigenvalue weighted by atomic mass is 32.1. The van der Waals surface area contributed by atoms with E-state index in [1.807, 2.05) is 13.0 Å². The number of hydrogen-bond donors (Lipinski definition) is 2. The second kappa shape index (κ2) is 6.70. The average Bonchev–Trinajstić information content (AvgIpc) is 2.68. The van der Waals surface area contributed by atoms with Gasteiger partial charge in [0, 0.05) is 11.0 Å². The van der Waals surface area contributed by atoms with Gasteiger partial charge in [-0.2, -0.15) is 0 Å². The molecule has 2 N–H and O–H groups in total. The molecule has 0 aromatic carbocycles. The van der Waals surface area contributed by atoms with Gasteiger partial charge in [-0.25, -0.2) is 9.78 Å². The Hall–Kier alpha value is -1.95. The van der Waals surface area contributed by atoms with Crippen LogP contribution in [-0.2, 0) is 11.3 Å². The fraction of sp³-hybridized carbons (Fsp3) is 0.250. The highest BCUT2D eigenvalue weighted by molar-refractivity contribution is 7.11. The van der Waals surface area contributed by atoms with E-state index < -0.39 is 5.97 Å².